The van der Waals surface area contributed by atoms with Crippen molar-refractivity contribution in [2.24, 2.45) is 0 Å². The summed E-state index contributed by atoms with van der Waals surface area (Å²) in [6, 6.07) is 14.3. The van der Waals surface area contributed by atoms with Crippen molar-refractivity contribution < 1.29 is 9.59 Å². The molecule has 2 unspecified atom stereocenters. The molecule has 0 spiro atoms. The molecule has 2 aromatic carbocycles. The highest BCUT2D eigenvalue weighted by atomic mass is 32.2. The summed E-state index contributed by atoms with van der Waals surface area (Å²) < 4.78 is 0. The summed E-state index contributed by atoms with van der Waals surface area (Å²) in [6.45, 7) is 4.78. The molecule has 5 nitrogen and oxygen atoms in total. The van der Waals surface area contributed by atoms with E-state index in [4.69, 9.17) is 0 Å². The van der Waals surface area contributed by atoms with Crippen LogP contribution in [0.15, 0.2) is 42.5 Å². The molecule has 2 amide bonds. The fourth-order valence-corrected chi connectivity index (χ4v) is 5.22. The van der Waals surface area contributed by atoms with Gasteiger partial charge in [-0.15, -0.1) is 0 Å². The Morgan fingerprint density at radius 3 is 2.66 bits per heavy atom. The van der Waals surface area contributed by atoms with E-state index >= 15 is 0 Å². The third-order valence-electron chi connectivity index (χ3n) is 5.97. The van der Waals surface area contributed by atoms with Crippen LogP contribution in [-0.2, 0) is 9.59 Å². The van der Waals surface area contributed by atoms with E-state index in [-0.39, 0.29) is 30.4 Å². The van der Waals surface area contributed by atoms with Gasteiger partial charge < -0.3 is 10.2 Å². The van der Waals surface area contributed by atoms with E-state index < -0.39 is 0 Å². The van der Waals surface area contributed by atoms with E-state index in [0.29, 0.717) is 0 Å². The van der Waals surface area contributed by atoms with Crippen molar-refractivity contribution in [2.45, 2.75) is 31.8 Å². The van der Waals surface area contributed by atoms with Gasteiger partial charge >= 0.3 is 0 Å². The molecular formula is C23H29N3O2S. The van der Waals surface area contributed by atoms with Crippen molar-refractivity contribution in [3.05, 3.63) is 48.0 Å². The molecule has 1 N–H and O–H groups in total. The maximum Gasteiger partial charge on any atom is 0.239 e. The number of carbonyl (C=O) groups is 2. The molecule has 2 fully saturated rings. The van der Waals surface area contributed by atoms with Crippen molar-refractivity contribution in [1.82, 2.24) is 15.1 Å². The summed E-state index contributed by atoms with van der Waals surface area (Å²) in [6.07, 6.45) is 1.84. The molecule has 0 radical (unpaired) electrons. The number of likely N-dealkylation sites (tertiary alicyclic amines) is 1. The van der Waals surface area contributed by atoms with Crippen molar-refractivity contribution in [2.75, 3.05) is 37.7 Å². The van der Waals surface area contributed by atoms with Gasteiger partial charge in [0.1, 0.15) is 0 Å². The van der Waals surface area contributed by atoms with Gasteiger partial charge in [-0.1, -0.05) is 36.4 Å². The SMILES string of the molecule is CC(NC(=O)CN1CCCC1C(=O)N1CCSCC1)c1ccc2ccccc2c1. The van der Waals surface area contributed by atoms with E-state index in [1.165, 1.54) is 10.8 Å². The molecule has 2 saturated heterocycles. The highest BCUT2D eigenvalue weighted by Crippen LogP contribution is 2.22. The number of nitrogens with zero attached hydrogens (tertiary/aromatic N) is 2. The average molecular weight is 412 g/mol. The Hall–Kier alpha value is -2.05. The molecule has 0 bridgehead atoms. The van der Waals surface area contributed by atoms with Crippen LogP contribution in [0, 0.1) is 0 Å². The monoisotopic (exact) mass is 411 g/mol. The van der Waals surface area contributed by atoms with Gasteiger partial charge in [-0.25, -0.2) is 0 Å². The molecule has 4 rings (SSSR count). The average Bonchev–Trinajstić information content (AvgIpc) is 3.21. The quantitative estimate of drug-likeness (QED) is 0.822. The minimum absolute atomic E-state index is 0.0143. The lowest BCUT2D eigenvalue weighted by Crippen LogP contribution is -2.50. The number of hydrogen-bond acceptors (Lipinski definition) is 4. The Morgan fingerprint density at radius 2 is 1.86 bits per heavy atom. The molecule has 2 aromatic rings. The van der Waals surface area contributed by atoms with Crippen LogP contribution in [0.2, 0.25) is 0 Å². The molecule has 2 aliphatic heterocycles. The van der Waals surface area contributed by atoms with E-state index in [1.54, 1.807) is 0 Å². The summed E-state index contributed by atoms with van der Waals surface area (Å²) in [5, 5.41) is 5.49. The van der Waals surface area contributed by atoms with Gasteiger partial charge in [-0.05, 0) is 48.7 Å². The highest BCUT2D eigenvalue weighted by Gasteiger charge is 2.35. The Kier molecular flexibility index (Phi) is 6.40. The van der Waals surface area contributed by atoms with E-state index in [0.717, 1.165) is 49.5 Å². The zero-order valence-corrected chi connectivity index (χ0v) is 17.8. The fraction of sp³-hybridized carbons (Fsp3) is 0.478. The first-order valence-corrected chi connectivity index (χ1v) is 11.7. The van der Waals surface area contributed by atoms with Gasteiger partial charge in [0.15, 0.2) is 0 Å². The summed E-state index contributed by atoms with van der Waals surface area (Å²) in [7, 11) is 0. The first-order valence-electron chi connectivity index (χ1n) is 10.5. The van der Waals surface area contributed by atoms with Crippen molar-refractivity contribution in [3.63, 3.8) is 0 Å². The summed E-state index contributed by atoms with van der Waals surface area (Å²) in [5.74, 6) is 2.22. The van der Waals surface area contributed by atoms with Crippen LogP contribution >= 0.6 is 11.8 Å². The lowest BCUT2D eigenvalue weighted by molar-refractivity contribution is -0.136. The number of benzene rings is 2. The van der Waals surface area contributed by atoms with Crippen LogP contribution in [0.1, 0.15) is 31.4 Å². The highest BCUT2D eigenvalue weighted by molar-refractivity contribution is 7.99. The molecule has 0 saturated carbocycles. The first-order chi connectivity index (χ1) is 14.1. The molecule has 2 aliphatic rings. The molecule has 29 heavy (non-hydrogen) atoms. The van der Waals surface area contributed by atoms with E-state index in [1.807, 2.05) is 35.7 Å². The number of fused-ring (bicyclic) bond motifs is 1. The van der Waals surface area contributed by atoms with E-state index in [2.05, 4.69) is 40.5 Å². The molecule has 0 aromatic heterocycles. The predicted octanol–water partition coefficient (Wildman–Crippen LogP) is 3.06. The second-order valence-corrected chi connectivity index (χ2v) is 9.19. The van der Waals surface area contributed by atoms with Crippen LogP contribution in [-0.4, -0.2) is 65.3 Å². The molecular weight excluding hydrogens is 382 g/mol. The second-order valence-electron chi connectivity index (χ2n) is 7.96. The zero-order chi connectivity index (χ0) is 20.2. The van der Waals surface area contributed by atoms with Crippen LogP contribution in [0.3, 0.4) is 0 Å². The van der Waals surface area contributed by atoms with Crippen molar-refractivity contribution >= 4 is 34.3 Å². The van der Waals surface area contributed by atoms with Gasteiger partial charge in [-0.3, -0.25) is 14.5 Å². The van der Waals surface area contributed by atoms with Crippen LogP contribution in [0.4, 0.5) is 0 Å². The number of carbonyl (C=O) groups excluding carboxylic acids is 2. The van der Waals surface area contributed by atoms with Gasteiger partial charge in [-0.2, -0.15) is 11.8 Å². The lowest BCUT2D eigenvalue weighted by atomic mass is 10.0. The normalized spacial score (nSPS) is 21.3. The van der Waals surface area contributed by atoms with Gasteiger partial charge in [0.25, 0.3) is 0 Å². The zero-order valence-electron chi connectivity index (χ0n) is 17.0. The Balaban J connectivity index is 1.35. The maximum atomic E-state index is 12.9. The fourth-order valence-electron chi connectivity index (χ4n) is 4.32. The standard InChI is InChI=1S/C23H29N3O2S/c1-17(19-9-8-18-5-2-3-6-20(18)15-19)24-22(27)16-26-10-4-7-21(26)23(28)25-11-13-29-14-12-25/h2-3,5-6,8-9,15,17,21H,4,7,10-14,16H2,1H3,(H,24,27). The predicted molar refractivity (Wildman–Crippen MR) is 119 cm³/mol. The first kappa shape index (κ1) is 20.2. The smallest absolute Gasteiger partial charge is 0.239 e. The molecule has 2 heterocycles. The van der Waals surface area contributed by atoms with Crippen LogP contribution in [0.25, 0.3) is 10.8 Å². The number of thioether (sulfide) groups is 1. The largest absolute Gasteiger partial charge is 0.348 e. The minimum Gasteiger partial charge on any atom is -0.348 e. The third-order valence-corrected chi connectivity index (χ3v) is 6.91. The Bertz CT molecular complexity index is 881. The number of hydrogen-bond donors (Lipinski definition) is 1. The molecule has 154 valence electrons. The number of rotatable bonds is 5. The Morgan fingerprint density at radius 1 is 1.10 bits per heavy atom. The maximum absolute atomic E-state index is 12.9. The van der Waals surface area contributed by atoms with Crippen LogP contribution in [0.5, 0.6) is 0 Å². The second kappa shape index (κ2) is 9.18. The van der Waals surface area contributed by atoms with E-state index in [9.17, 15) is 9.59 Å². The van der Waals surface area contributed by atoms with Crippen molar-refractivity contribution in [3.8, 4) is 0 Å². The summed E-state index contributed by atoms with van der Waals surface area (Å²) >= 11 is 1.90. The number of amides is 2. The summed E-state index contributed by atoms with van der Waals surface area (Å²) in [5.41, 5.74) is 1.09. The minimum atomic E-state index is -0.139. The van der Waals surface area contributed by atoms with Gasteiger partial charge in [0.05, 0.1) is 18.6 Å². The topological polar surface area (TPSA) is 52.7 Å². The molecule has 2 atom stereocenters. The van der Waals surface area contributed by atoms with Crippen molar-refractivity contribution in [1.29, 1.82) is 0 Å². The van der Waals surface area contributed by atoms with Gasteiger partial charge in [0, 0.05) is 24.6 Å². The van der Waals surface area contributed by atoms with Crippen LogP contribution < -0.4 is 5.32 Å². The molecule has 0 aliphatic carbocycles. The Labute approximate surface area is 176 Å². The molecule has 6 heteroatoms. The summed E-state index contributed by atoms with van der Waals surface area (Å²) in [4.78, 5) is 29.7. The number of nitrogens with one attached hydrogen (secondary N) is 1. The van der Waals surface area contributed by atoms with Gasteiger partial charge in [0.2, 0.25) is 11.8 Å². The third kappa shape index (κ3) is 4.75. The lowest BCUT2D eigenvalue weighted by Gasteiger charge is -2.32.